The average molecular weight is 175 g/mol. The first-order valence-corrected chi connectivity index (χ1v) is 4.42. The second-order valence-electron chi connectivity index (χ2n) is 3.32. The molecule has 1 aliphatic heterocycles. The lowest BCUT2D eigenvalue weighted by molar-refractivity contribution is 0.676. The van der Waals surface area contributed by atoms with E-state index < -0.39 is 0 Å². The van der Waals surface area contributed by atoms with Gasteiger partial charge in [-0.2, -0.15) is 0 Å². The summed E-state index contributed by atoms with van der Waals surface area (Å²) in [6.45, 7) is 4.14. The molecule has 0 saturated heterocycles. The summed E-state index contributed by atoms with van der Waals surface area (Å²) in [5, 5.41) is 1.93. The van der Waals surface area contributed by atoms with Crippen molar-refractivity contribution in [3.8, 4) is 0 Å². The Labute approximate surface area is 78.1 Å². The normalized spacial score (nSPS) is 21.1. The molecule has 1 aromatic rings. The summed E-state index contributed by atoms with van der Waals surface area (Å²) >= 11 is 0. The summed E-state index contributed by atoms with van der Waals surface area (Å²) in [5.41, 5.74) is 4.43. The number of nitrogens with one attached hydrogen (secondary N) is 1. The number of hydrazine groups is 1. The zero-order chi connectivity index (χ0) is 9.26. The van der Waals surface area contributed by atoms with Crippen molar-refractivity contribution in [1.29, 1.82) is 0 Å². The first-order chi connectivity index (χ1) is 6.25. The highest BCUT2D eigenvalue weighted by Crippen LogP contribution is 2.13. The van der Waals surface area contributed by atoms with Gasteiger partial charge in [-0.25, -0.2) is 10.4 Å². The predicted molar refractivity (Wildman–Crippen MR) is 53.2 cm³/mol. The Balaban J connectivity index is 2.18. The van der Waals surface area contributed by atoms with E-state index in [9.17, 15) is 0 Å². The Hall–Kier alpha value is -1.35. The number of anilines is 1. The Kier molecular flexibility index (Phi) is 2.02. The van der Waals surface area contributed by atoms with Crippen LogP contribution in [-0.2, 0) is 0 Å². The smallest absolute Gasteiger partial charge is 0.146 e. The molecule has 1 aromatic heterocycles. The molecule has 0 spiro atoms. The van der Waals surface area contributed by atoms with Crippen LogP contribution in [0.4, 0.5) is 5.82 Å². The lowest BCUT2D eigenvalue weighted by Gasteiger charge is -2.16. The van der Waals surface area contributed by atoms with Crippen LogP contribution in [0.1, 0.15) is 12.5 Å². The van der Waals surface area contributed by atoms with E-state index in [2.05, 4.69) is 29.5 Å². The van der Waals surface area contributed by atoms with Crippen LogP contribution in [0.15, 0.2) is 30.6 Å². The van der Waals surface area contributed by atoms with Gasteiger partial charge in [-0.3, -0.25) is 5.01 Å². The summed E-state index contributed by atoms with van der Waals surface area (Å²) in [4.78, 5) is 4.31. The van der Waals surface area contributed by atoms with Crippen LogP contribution in [0.3, 0.4) is 0 Å². The van der Waals surface area contributed by atoms with Crippen LogP contribution in [0, 0.1) is 6.92 Å². The lowest BCUT2D eigenvalue weighted by Crippen LogP contribution is -2.33. The fourth-order valence-electron chi connectivity index (χ4n) is 1.27. The highest BCUT2D eigenvalue weighted by Gasteiger charge is 2.11. The lowest BCUT2D eigenvalue weighted by atomic mass is 10.3. The predicted octanol–water partition coefficient (Wildman–Crippen LogP) is 1.62. The van der Waals surface area contributed by atoms with Crippen LogP contribution >= 0.6 is 0 Å². The van der Waals surface area contributed by atoms with Crippen LogP contribution in [0.25, 0.3) is 0 Å². The minimum absolute atomic E-state index is 0.392. The van der Waals surface area contributed by atoms with Gasteiger partial charge >= 0.3 is 0 Å². The summed E-state index contributed by atoms with van der Waals surface area (Å²) < 4.78 is 0. The van der Waals surface area contributed by atoms with Crippen LogP contribution in [-0.4, -0.2) is 11.0 Å². The van der Waals surface area contributed by atoms with Crippen molar-refractivity contribution in [2.24, 2.45) is 0 Å². The first-order valence-electron chi connectivity index (χ1n) is 4.42. The van der Waals surface area contributed by atoms with Crippen molar-refractivity contribution in [3.05, 3.63) is 36.2 Å². The van der Waals surface area contributed by atoms with Crippen LogP contribution in [0.5, 0.6) is 0 Å². The maximum absolute atomic E-state index is 4.31. The van der Waals surface area contributed by atoms with Gasteiger partial charge < -0.3 is 0 Å². The Morgan fingerprint density at radius 1 is 1.46 bits per heavy atom. The molecule has 0 aromatic carbocycles. The quantitative estimate of drug-likeness (QED) is 0.703. The second-order valence-corrected chi connectivity index (χ2v) is 3.32. The monoisotopic (exact) mass is 175 g/mol. The largest absolute Gasteiger partial charge is 0.267 e. The van der Waals surface area contributed by atoms with Crippen molar-refractivity contribution in [1.82, 2.24) is 10.4 Å². The van der Waals surface area contributed by atoms with Gasteiger partial charge in [0, 0.05) is 18.4 Å². The van der Waals surface area contributed by atoms with Crippen LogP contribution < -0.4 is 10.4 Å². The molecule has 0 amide bonds. The number of pyridine rings is 1. The molecule has 13 heavy (non-hydrogen) atoms. The average Bonchev–Trinajstić information content (AvgIpc) is 2.53. The van der Waals surface area contributed by atoms with E-state index in [-0.39, 0.29) is 0 Å². The second kappa shape index (κ2) is 3.18. The van der Waals surface area contributed by atoms with Gasteiger partial charge in [-0.15, -0.1) is 0 Å². The van der Waals surface area contributed by atoms with Gasteiger partial charge in [-0.05, 0) is 31.6 Å². The third-order valence-corrected chi connectivity index (χ3v) is 2.01. The maximum atomic E-state index is 4.31. The van der Waals surface area contributed by atoms with Crippen molar-refractivity contribution in [2.45, 2.75) is 19.9 Å². The number of hydrogen-bond donors (Lipinski definition) is 1. The molecular weight excluding hydrogens is 162 g/mol. The zero-order valence-electron chi connectivity index (χ0n) is 7.86. The van der Waals surface area contributed by atoms with E-state index in [0.717, 1.165) is 5.82 Å². The summed E-state index contributed by atoms with van der Waals surface area (Å²) in [6.07, 6.45) is 5.97. The summed E-state index contributed by atoms with van der Waals surface area (Å²) in [7, 11) is 0. The molecular formula is C10H13N3. The van der Waals surface area contributed by atoms with Gasteiger partial charge in [0.2, 0.25) is 0 Å². The van der Waals surface area contributed by atoms with Crippen LogP contribution in [0.2, 0.25) is 0 Å². The molecule has 0 bridgehead atoms. The molecule has 0 saturated carbocycles. The Morgan fingerprint density at radius 2 is 2.31 bits per heavy atom. The van der Waals surface area contributed by atoms with E-state index in [0.29, 0.717) is 6.04 Å². The SMILES string of the molecule is Cc1ccc(N2C=CC(C)N2)nc1. The molecule has 3 heteroatoms. The van der Waals surface area contributed by atoms with Crippen molar-refractivity contribution < 1.29 is 0 Å². The Bertz CT molecular complexity index is 315. The fourth-order valence-corrected chi connectivity index (χ4v) is 1.27. The van der Waals surface area contributed by atoms with Crippen molar-refractivity contribution >= 4 is 5.82 Å². The van der Waals surface area contributed by atoms with E-state index in [1.54, 1.807) is 0 Å². The van der Waals surface area contributed by atoms with E-state index >= 15 is 0 Å². The number of rotatable bonds is 1. The topological polar surface area (TPSA) is 28.2 Å². The zero-order valence-corrected chi connectivity index (χ0v) is 7.86. The fraction of sp³-hybridized carbons (Fsp3) is 0.300. The maximum Gasteiger partial charge on any atom is 0.146 e. The van der Waals surface area contributed by atoms with Gasteiger partial charge in [0.1, 0.15) is 5.82 Å². The number of aromatic nitrogens is 1. The molecule has 2 heterocycles. The number of aryl methyl sites for hydroxylation is 1. The standard InChI is InChI=1S/C10H13N3/c1-8-3-4-10(11-7-8)13-6-5-9(2)12-13/h3-7,9,12H,1-2H3. The third-order valence-electron chi connectivity index (χ3n) is 2.01. The summed E-state index contributed by atoms with van der Waals surface area (Å²) in [5.74, 6) is 0.936. The van der Waals surface area contributed by atoms with E-state index in [1.165, 1.54) is 5.56 Å². The van der Waals surface area contributed by atoms with Gasteiger partial charge in [-0.1, -0.05) is 6.07 Å². The molecule has 68 valence electrons. The number of hydrogen-bond acceptors (Lipinski definition) is 3. The van der Waals surface area contributed by atoms with Crippen molar-refractivity contribution in [3.63, 3.8) is 0 Å². The Morgan fingerprint density at radius 3 is 2.85 bits per heavy atom. The highest BCUT2D eigenvalue weighted by molar-refractivity contribution is 5.43. The number of nitrogens with zero attached hydrogens (tertiary/aromatic N) is 2. The molecule has 0 fully saturated rings. The molecule has 1 unspecified atom stereocenters. The van der Waals surface area contributed by atoms with E-state index in [1.807, 2.05) is 30.4 Å². The molecule has 0 aliphatic carbocycles. The van der Waals surface area contributed by atoms with Gasteiger partial charge in [0.25, 0.3) is 0 Å². The molecule has 3 nitrogen and oxygen atoms in total. The third kappa shape index (κ3) is 1.70. The van der Waals surface area contributed by atoms with E-state index in [4.69, 9.17) is 0 Å². The molecule has 2 rings (SSSR count). The first kappa shape index (κ1) is 8.26. The molecule has 0 radical (unpaired) electrons. The summed E-state index contributed by atoms with van der Waals surface area (Å²) in [6, 6.07) is 4.45. The molecule has 1 aliphatic rings. The van der Waals surface area contributed by atoms with Gasteiger partial charge in [0.05, 0.1) is 0 Å². The van der Waals surface area contributed by atoms with Crippen molar-refractivity contribution in [2.75, 3.05) is 5.01 Å². The highest BCUT2D eigenvalue weighted by atomic mass is 15.5. The minimum atomic E-state index is 0.392. The molecule has 1 N–H and O–H groups in total. The minimum Gasteiger partial charge on any atom is -0.267 e. The molecule has 1 atom stereocenters. The van der Waals surface area contributed by atoms with Gasteiger partial charge in [0.15, 0.2) is 0 Å².